The predicted molar refractivity (Wildman–Crippen MR) is 78.1 cm³/mol. The first-order chi connectivity index (χ1) is 9.58. The first kappa shape index (κ1) is 14.0. The first-order valence-electron chi connectivity index (χ1n) is 6.21. The summed E-state index contributed by atoms with van der Waals surface area (Å²) < 4.78 is 13.6. The van der Waals surface area contributed by atoms with Crippen LogP contribution >= 0.6 is 0 Å². The molecule has 2 amide bonds. The summed E-state index contributed by atoms with van der Waals surface area (Å²) in [4.78, 5) is 11.8. The maximum Gasteiger partial charge on any atom is 0.323 e. The van der Waals surface area contributed by atoms with Gasteiger partial charge in [0, 0.05) is 12.2 Å². The molecule has 2 aromatic carbocycles. The second kappa shape index (κ2) is 6.16. The molecule has 0 saturated heterocycles. The van der Waals surface area contributed by atoms with Crippen molar-refractivity contribution in [2.45, 2.75) is 13.5 Å². The van der Waals surface area contributed by atoms with Crippen molar-refractivity contribution in [3.05, 3.63) is 59.4 Å². The molecule has 5 heteroatoms. The zero-order chi connectivity index (χ0) is 14.5. The van der Waals surface area contributed by atoms with E-state index in [9.17, 15) is 9.18 Å². The summed E-state index contributed by atoms with van der Waals surface area (Å²) in [5.41, 5.74) is 7.98. The number of halogens is 1. The zero-order valence-corrected chi connectivity index (χ0v) is 11.1. The number of hydrogen-bond donors (Lipinski definition) is 3. The largest absolute Gasteiger partial charge is 0.326 e. The third-order valence-electron chi connectivity index (χ3n) is 2.79. The van der Waals surface area contributed by atoms with E-state index in [0.29, 0.717) is 12.2 Å². The molecule has 0 bridgehead atoms. The average molecular weight is 273 g/mol. The number of urea groups is 1. The molecule has 0 aliphatic carbocycles. The number of rotatable bonds is 3. The normalized spacial score (nSPS) is 10.2. The number of nitrogens with two attached hydrogens (primary N) is 1. The van der Waals surface area contributed by atoms with Crippen molar-refractivity contribution in [3.8, 4) is 0 Å². The monoisotopic (exact) mass is 273 g/mol. The molecule has 0 atom stereocenters. The second-order valence-corrected chi connectivity index (χ2v) is 4.47. The Labute approximate surface area is 116 Å². The Kier molecular flexibility index (Phi) is 4.32. The molecule has 2 aromatic rings. The number of aryl methyl sites for hydroxylation is 1. The van der Waals surface area contributed by atoms with Crippen molar-refractivity contribution < 1.29 is 9.18 Å². The lowest BCUT2D eigenvalue weighted by atomic mass is 10.2. The van der Waals surface area contributed by atoms with Gasteiger partial charge in [0.15, 0.2) is 0 Å². The Bertz CT molecular complexity index is 628. The summed E-state index contributed by atoms with van der Waals surface area (Å²) >= 11 is 0. The van der Waals surface area contributed by atoms with Crippen LogP contribution in [0.3, 0.4) is 0 Å². The molecule has 0 aliphatic heterocycles. The molecular formula is C15H16FN3O. The van der Waals surface area contributed by atoms with Gasteiger partial charge in [-0.15, -0.1) is 0 Å². The van der Waals surface area contributed by atoms with E-state index in [4.69, 9.17) is 5.73 Å². The number of carbonyl (C=O) groups excluding carboxylic acids is 1. The second-order valence-electron chi connectivity index (χ2n) is 4.47. The third kappa shape index (κ3) is 3.55. The van der Waals surface area contributed by atoms with Crippen LogP contribution in [0.5, 0.6) is 0 Å². The van der Waals surface area contributed by atoms with Gasteiger partial charge in [0.1, 0.15) is 5.82 Å². The molecule has 0 saturated carbocycles. The molecule has 2 rings (SSSR count). The van der Waals surface area contributed by atoms with Crippen LogP contribution in [-0.2, 0) is 6.54 Å². The van der Waals surface area contributed by atoms with E-state index in [1.807, 2.05) is 6.07 Å². The Balaban J connectivity index is 2.05. The lowest BCUT2D eigenvalue weighted by Gasteiger charge is -2.09. The Hall–Kier alpha value is -2.40. The molecule has 0 radical (unpaired) electrons. The van der Waals surface area contributed by atoms with Gasteiger partial charge >= 0.3 is 6.03 Å². The minimum atomic E-state index is -0.498. The predicted octanol–water partition coefficient (Wildman–Crippen LogP) is 3.24. The maximum absolute atomic E-state index is 13.6. The van der Waals surface area contributed by atoms with Gasteiger partial charge in [0.05, 0.1) is 5.69 Å². The van der Waals surface area contributed by atoms with E-state index >= 15 is 0 Å². The van der Waals surface area contributed by atoms with Crippen LogP contribution in [-0.4, -0.2) is 6.03 Å². The molecule has 0 aromatic heterocycles. The summed E-state index contributed by atoms with van der Waals surface area (Å²) in [6, 6.07) is 11.3. The number of benzene rings is 2. The average Bonchev–Trinajstić information content (AvgIpc) is 2.42. The summed E-state index contributed by atoms with van der Waals surface area (Å²) in [5, 5.41) is 5.10. The fraction of sp³-hybridized carbons (Fsp3) is 0.133. The van der Waals surface area contributed by atoms with Crippen LogP contribution in [0.25, 0.3) is 0 Å². The smallest absolute Gasteiger partial charge is 0.323 e. The number of hydrogen-bond acceptors (Lipinski definition) is 2. The van der Waals surface area contributed by atoms with Crippen molar-refractivity contribution in [2.24, 2.45) is 5.73 Å². The summed E-state index contributed by atoms with van der Waals surface area (Å²) in [5.74, 6) is -0.462. The summed E-state index contributed by atoms with van der Waals surface area (Å²) in [6.45, 7) is 2.18. The van der Waals surface area contributed by atoms with E-state index in [-0.39, 0.29) is 5.69 Å². The van der Waals surface area contributed by atoms with Gasteiger partial charge in [-0.3, -0.25) is 0 Å². The van der Waals surface area contributed by atoms with Crippen molar-refractivity contribution in [1.82, 2.24) is 0 Å². The minimum Gasteiger partial charge on any atom is -0.326 e. The van der Waals surface area contributed by atoms with Gasteiger partial charge in [-0.25, -0.2) is 9.18 Å². The molecule has 104 valence electrons. The highest BCUT2D eigenvalue weighted by atomic mass is 19.1. The van der Waals surface area contributed by atoms with E-state index < -0.39 is 11.8 Å². The van der Waals surface area contributed by atoms with Crippen molar-refractivity contribution in [1.29, 1.82) is 0 Å². The number of nitrogens with one attached hydrogen (secondary N) is 2. The Morgan fingerprint density at radius 2 is 2.00 bits per heavy atom. The van der Waals surface area contributed by atoms with Crippen LogP contribution in [0, 0.1) is 12.7 Å². The zero-order valence-electron chi connectivity index (χ0n) is 11.1. The van der Waals surface area contributed by atoms with Crippen molar-refractivity contribution in [3.63, 3.8) is 0 Å². The van der Waals surface area contributed by atoms with E-state index in [2.05, 4.69) is 10.6 Å². The summed E-state index contributed by atoms with van der Waals surface area (Å²) in [7, 11) is 0. The summed E-state index contributed by atoms with van der Waals surface area (Å²) in [6.07, 6.45) is 0. The van der Waals surface area contributed by atoms with Crippen LogP contribution in [0.4, 0.5) is 20.6 Å². The SMILES string of the molecule is Cc1ccc(NC(=O)Nc2cccc(CN)c2)c(F)c1. The van der Waals surface area contributed by atoms with Gasteiger partial charge in [-0.1, -0.05) is 18.2 Å². The Morgan fingerprint density at radius 1 is 1.20 bits per heavy atom. The van der Waals surface area contributed by atoms with Crippen LogP contribution in [0.15, 0.2) is 42.5 Å². The third-order valence-corrected chi connectivity index (χ3v) is 2.79. The van der Waals surface area contributed by atoms with Gasteiger partial charge in [-0.2, -0.15) is 0 Å². The van der Waals surface area contributed by atoms with Crippen molar-refractivity contribution in [2.75, 3.05) is 10.6 Å². The van der Waals surface area contributed by atoms with Gasteiger partial charge < -0.3 is 16.4 Å². The van der Waals surface area contributed by atoms with Crippen LogP contribution < -0.4 is 16.4 Å². The molecule has 0 unspecified atom stereocenters. The fourth-order valence-electron chi connectivity index (χ4n) is 1.78. The number of amides is 2. The van der Waals surface area contributed by atoms with Gasteiger partial charge in [0.25, 0.3) is 0 Å². The molecule has 0 aliphatic rings. The van der Waals surface area contributed by atoms with Crippen LogP contribution in [0.2, 0.25) is 0 Å². The maximum atomic E-state index is 13.6. The minimum absolute atomic E-state index is 0.142. The molecule has 0 spiro atoms. The fourth-order valence-corrected chi connectivity index (χ4v) is 1.78. The molecular weight excluding hydrogens is 257 g/mol. The standard InChI is InChI=1S/C15H16FN3O/c1-10-5-6-14(13(16)7-10)19-15(20)18-12-4-2-3-11(8-12)9-17/h2-8H,9,17H2,1H3,(H2,18,19,20). The molecule has 0 heterocycles. The van der Waals surface area contributed by atoms with E-state index in [1.54, 1.807) is 31.2 Å². The molecule has 4 N–H and O–H groups in total. The highest BCUT2D eigenvalue weighted by Gasteiger charge is 2.07. The van der Waals surface area contributed by atoms with E-state index in [0.717, 1.165) is 11.1 Å². The molecule has 4 nitrogen and oxygen atoms in total. The van der Waals surface area contributed by atoms with Gasteiger partial charge in [-0.05, 0) is 42.3 Å². The number of carbonyl (C=O) groups is 1. The lowest BCUT2D eigenvalue weighted by Crippen LogP contribution is -2.20. The van der Waals surface area contributed by atoms with Crippen molar-refractivity contribution >= 4 is 17.4 Å². The van der Waals surface area contributed by atoms with Gasteiger partial charge in [0.2, 0.25) is 0 Å². The first-order valence-corrected chi connectivity index (χ1v) is 6.21. The molecule has 0 fully saturated rings. The highest BCUT2D eigenvalue weighted by Crippen LogP contribution is 2.16. The topological polar surface area (TPSA) is 67.2 Å². The molecule has 20 heavy (non-hydrogen) atoms. The number of anilines is 2. The lowest BCUT2D eigenvalue weighted by molar-refractivity contribution is 0.262. The Morgan fingerprint density at radius 3 is 2.70 bits per heavy atom. The van der Waals surface area contributed by atoms with E-state index in [1.165, 1.54) is 12.1 Å². The highest BCUT2D eigenvalue weighted by molar-refractivity contribution is 5.99. The van der Waals surface area contributed by atoms with Crippen LogP contribution in [0.1, 0.15) is 11.1 Å². The quantitative estimate of drug-likeness (QED) is 0.803.